The second kappa shape index (κ2) is 55.5. The fourth-order valence-corrected chi connectivity index (χ4v) is 20.5. The molecule has 660 valence electrons. The van der Waals surface area contributed by atoms with Crippen molar-refractivity contribution in [1.29, 1.82) is 0 Å². The Morgan fingerprint density at radius 2 is 0.496 bits per heavy atom. The number of benzene rings is 13. The predicted octanol–water partition coefficient (Wildman–Crippen LogP) is 28.8. The number of hydrogen-bond acceptors (Lipinski definition) is 7. The Bertz CT molecular complexity index is 5170. The molecule has 13 aromatic carbocycles. The van der Waals surface area contributed by atoms with Gasteiger partial charge in [0.25, 0.3) is 0 Å². The van der Waals surface area contributed by atoms with Crippen LogP contribution in [0.5, 0.6) is 40.2 Å². The van der Waals surface area contributed by atoms with Gasteiger partial charge in [-0.05, 0) is 180 Å². The zero-order valence-electron chi connectivity index (χ0n) is 74.5. The molecule has 0 aliphatic rings. The quantitative estimate of drug-likeness (QED) is 0.0501. The highest BCUT2D eigenvalue weighted by molar-refractivity contribution is 7.76. The SMILES string of the molecule is COc1c(C)cc(C(C)(C)C)cc1PCl.COc1c(Cc2ccccc2)cc(Cc2ccccc2)cc1PCl.COc1c(Cc2ccccc2)cccc1PCl.COc1c(Cc2ccccc2)cccc1PCl.COc1c(PCl)cc(C(C)(C)C)cc1C(C)(C)C.COc1ccc(Cc2ccccc2)cc1PCl.COc1ccc(Cc2ccccc2)cc1PCl. The van der Waals surface area contributed by atoms with Crippen molar-refractivity contribution in [2.24, 2.45) is 0 Å². The zero-order valence-corrected chi connectivity index (χ0v) is 86.8. The lowest BCUT2D eigenvalue weighted by molar-refractivity contribution is 0.400. The van der Waals surface area contributed by atoms with E-state index in [1.165, 1.54) is 83.5 Å². The first kappa shape index (κ1) is 106. The van der Waals surface area contributed by atoms with Crippen LogP contribution in [0.2, 0.25) is 0 Å². The summed E-state index contributed by atoms with van der Waals surface area (Å²) >= 11 is 42.0. The molecule has 13 aromatic rings. The minimum atomic E-state index is 0.0535. The van der Waals surface area contributed by atoms with E-state index < -0.39 is 0 Å². The van der Waals surface area contributed by atoms with E-state index in [0.29, 0.717) is 0 Å². The van der Waals surface area contributed by atoms with Crippen LogP contribution in [-0.2, 0) is 54.8 Å². The first-order valence-corrected chi connectivity index (χ1v) is 54.8. The van der Waals surface area contributed by atoms with Gasteiger partial charge in [-0.15, -0.1) is 0 Å². The fraction of sp³-hybridized carbons (Fsp3) is 0.250. The monoisotopic (exact) mass is 1940 g/mol. The Kier molecular flexibility index (Phi) is 46.9. The van der Waals surface area contributed by atoms with Crippen LogP contribution in [0.25, 0.3) is 0 Å². The molecule has 0 spiro atoms. The van der Waals surface area contributed by atoms with E-state index in [0.717, 1.165) is 121 Å². The molecule has 0 heterocycles. The second-order valence-electron chi connectivity index (χ2n) is 32.3. The lowest BCUT2D eigenvalue weighted by atomic mass is 9.80. The molecular weight excluding hydrogens is 1830 g/mol. The molecule has 125 heavy (non-hydrogen) atoms. The third-order valence-electron chi connectivity index (χ3n) is 20.0. The second-order valence-corrected chi connectivity index (χ2v) is 41.3. The Hall–Kier alpha value is -6.50. The number of para-hydroxylation sites is 2. The molecule has 0 N–H and O–H groups in total. The number of ether oxygens (including phenoxy) is 7. The van der Waals surface area contributed by atoms with Crippen molar-refractivity contribution in [3.8, 4) is 40.2 Å². The summed E-state index contributed by atoms with van der Waals surface area (Å²) in [5, 5.41) is 7.58. The largest absolute Gasteiger partial charge is 0.496 e. The number of rotatable bonds is 26. The molecule has 7 atom stereocenters. The van der Waals surface area contributed by atoms with E-state index in [9.17, 15) is 0 Å². The smallest absolute Gasteiger partial charge is 0.131 e. The van der Waals surface area contributed by atoms with Gasteiger partial charge < -0.3 is 33.2 Å². The molecule has 0 amide bonds. The number of halogens is 7. The molecule has 0 aromatic heterocycles. The molecule has 7 unspecified atom stereocenters. The molecule has 21 heteroatoms. The average molecular weight is 1950 g/mol. The van der Waals surface area contributed by atoms with Crippen LogP contribution in [0.4, 0.5) is 0 Å². The van der Waals surface area contributed by atoms with Crippen LogP contribution < -0.4 is 70.3 Å². The van der Waals surface area contributed by atoms with Crippen molar-refractivity contribution in [3.05, 3.63) is 380 Å². The lowest BCUT2D eigenvalue weighted by Gasteiger charge is -2.28. The Balaban J connectivity index is 0.000000201. The van der Waals surface area contributed by atoms with Gasteiger partial charge in [0.15, 0.2) is 0 Å². The van der Waals surface area contributed by atoms with Crippen molar-refractivity contribution >= 4 is 171 Å². The van der Waals surface area contributed by atoms with E-state index in [1.807, 2.05) is 72.8 Å². The van der Waals surface area contributed by atoms with E-state index in [4.69, 9.17) is 112 Å². The molecule has 0 radical (unpaired) electrons. The van der Waals surface area contributed by atoms with Crippen LogP contribution in [-0.4, -0.2) is 49.8 Å². The first-order valence-electron chi connectivity index (χ1n) is 40.7. The standard InChI is InChI=1S/C21H20ClOP.C15H24ClOP.4C14H14ClOP.C12H18ClOP/c1-23-21-19(13-17-10-6-3-7-11-17)14-18(15-20(21)24-22)12-16-8-4-2-5-9-16;1-14(2,3)10-8-11(15(4,5)6)13(17-7)12(9-10)18-16;2*1-16-14-12(8-5-9-13(14)17-15)10-11-6-3-2-4-7-11;2*1-16-13-8-7-12(10-14(13)17-15)9-11-5-3-2-4-6-11;1-8-6-9(12(2,3)4)7-10(15-13)11(8)14-5/h2-11,14-15,24H,12-13H2,1H3;8-9,18H,1-7H3;2*2-9,17H,10H2,1H3;2*2-8,10,17H,9H2,1H3;6-7,15H,1-5H3. The Labute approximate surface area is 792 Å². The maximum Gasteiger partial charge on any atom is 0.131 e. The first-order chi connectivity index (χ1) is 60.2. The van der Waals surface area contributed by atoms with Crippen LogP contribution in [0.15, 0.2) is 291 Å². The van der Waals surface area contributed by atoms with Gasteiger partial charge in [0.1, 0.15) is 40.2 Å². The summed E-state index contributed by atoms with van der Waals surface area (Å²) in [6.45, 7) is 22.0. The third-order valence-corrected chi connectivity index (χ3v) is 28.4. The fourth-order valence-electron chi connectivity index (χ4n) is 13.7. The lowest BCUT2D eigenvalue weighted by Crippen LogP contribution is -2.21. The van der Waals surface area contributed by atoms with Crippen molar-refractivity contribution in [2.45, 2.75) is 124 Å². The number of aryl methyl sites for hydroxylation is 1. The van der Waals surface area contributed by atoms with E-state index in [2.05, 4.69) is 288 Å². The van der Waals surface area contributed by atoms with Gasteiger partial charge in [-0.25, -0.2) is 0 Å². The molecule has 0 aliphatic carbocycles. The van der Waals surface area contributed by atoms with Gasteiger partial charge in [0, 0.05) is 117 Å². The van der Waals surface area contributed by atoms with Crippen LogP contribution >= 0.6 is 134 Å². The highest BCUT2D eigenvalue weighted by Gasteiger charge is 2.26. The number of hydrogen-bond donors (Lipinski definition) is 0. The number of methoxy groups -OCH3 is 7. The molecule has 7 nitrogen and oxygen atoms in total. The van der Waals surface area contributed by atoms with Crippen molar-refractivity contribution in [3.63, 3.8) is 0 Å². The van der Waals surface area contributed by atoms with Crippen molar-refractivity contribution in [1.82, 2.24) is 0 Å². The maximum absolute atomic E-state index is 6.21. The summed E-state index contributed by atoms with van der Waals surface area (Å²) in [6, 6.07) is 100. The van der Waals surface area contributed by atoms with Gasteiger partial charge in [0.2, 0.25) is 0 Å². The van der Waals surface area contributed by atoms with Gasteiger partial charge in [0.05, 0.1) is 49.8 Å². The zero-order chi connectivity index (χ0) is 90.9. The minimum absolute atomic E-state index is 0.0535. The van der Waals surface area contributed by atoms with E-state index >= 15 is 0 Å². The van der Waals surface area contributed by atoms with E-state index in [-0.39, 0.29) is 71.8 Å². The van der Waals surface area contributed by atoms with Crippen LogP contribution in [0, 0.1) is 6.92 Å². The highest BCUT2D eigenvalue weighted by Crippen LogP contribution is 2.40. The third kappa shape index (κ3) is 34.4. The van der Waals surface area contributed by atoms with Gasteiger partial charge in [-0.3, -0.25) is 0 Å². The van der Waals surface area contributed by atoms with Crippen molar-refractivity contribution < 1.29 is 33.2 Å². The maximum atomic E-state index is 6.21. The Morgan fingerprint density at radius 1 is 0.216 bits per heavy atom. The summed E-state index contributed by atoms with van der Waals surface area (Å²) in [5.41, 5.74) is 20.5. The van der Waals surface area contributed by atoms with Crippen LogP contribution in [0.1, 0.15) is 151 Å². The predicted molar refractivity (Wildman–Crippen MR) is 564 cm³/mol. The van der Waals surface area contributed by atoms with Crippen LogP contribution in [0.3, 0.4) is 0 Å². The van der Waals surface area contributed by atoms with E-state index in [1.54, 1.807) is 49.8 Å². The minimum Gasteiger partial charge on any atom is -0.496 e. The average Bonchev–Trinajstić information content (AvgIpc) is 0.780. The van der Waals surface area contributed by atoms with Gasteiger partial charge >= 0.3 is 0 Å². The highest BCUT2D eigenvalue weighted by atomic mass is 35.7. The molecule has 0 fully saturated rings. The summed E-state index contributed by atoms with van der Waals surface area (Å²) in [7, 11) is 13.5. The summed E-state index contributed by atoms with van der Waals surface area (Å²) < 4.78 is 38.1. The topological polar surface area (TPSA) is 64.6 Å². The molecule has 0 saturated carbocycles. The van der Waals surface area contributed by atoms with Gasteiger partial charge in [-0.2, -0.15) is 0 Å². The summed E-state index contributed by atoms with van der Waals surface area (Å²) in [6.07, 6.45) is 5.36. The Morgan fingerprint density at radius 3 is 0.800 bits per heavy atom. The van der Waals surface area contributed by atoms with Gasteiger partial charge in [-0.1, -0.05) is 378 Å². The molecule has 0 bridgehead atoms. The van der Waals surface area contributed by atoms with Crippen molar-refractivity contribution in [2.75, 3.05) is 49.8 Å². The normalized spacial score (nSPS) is 11.5. The molecule has 13 rings (SSSR count). The molecule has 0 saturated heterocycles. The molecular formula is C104H118Cl7O7P7. The molecule has 0 aliphatic heterocycles. The summed E-state index contributed by atoms with van der Waals surface area (Å²) in [5.74, 6) is 6.38. The summed E-state index contributed by atoms with van der Waals surface area (Å²) in [4.78, 5) is 0.